The molecule has 19 heavy (non-hydrogen) atoms. The molecule has 0 saturated heterocycles. The highest BCUT2D eigenvalue weighted by Crippen LogP contribution is 2.35. The molecule has 1 N–H and O–H groups in total. The van der Waals surface area contributed by atoms with Crippen molar-refractivity contribution in [2.75, 3.05) is 6.54 Å². The minimum absolute atomic E-state index is 0.167. The zero-order valence-electron chi connectivity index (χ0n) is 11.2. The van der Waals surface area contributed by atoms with Gasteiger partial charge in [0.15, 0.2) is 0 Å². The summed E-state index contributed by atoms with van der Waals surface area (Å²) in [7, 11) is 0. The smallest absolute Gasteiger partial charge is 0.0853 e. The molecular weight excluding hydrogens is 390 g/mol. The lowest BCUT2D eigenvalue weighted by Gasteiger charge is -2.21. The average Bonchev–Trinajstić information content (AvgIpc) is 2.93. The van der Waals surface area contributed by atoms with E-state index >= 15 is 0 Å². The van der Waals surface area contributed by atoms with Gasteiger partial charge in [-0.15, -0.1) is 11.3 Å². The fourth-order valence-electron chi connectivity index (χ4n) is 2.05. The Morgan fingerprint density at radius 2 is 2.11 bits per heavy atom. The van der Waals surface area contributed by atoms with Crippen LogP contribution in [-0.4, -0.2) is 16.3 Å². The summed E-state index contributed by atoms with van der Waals surface area (Å²) in [4.78, 5) is 1.29. The monoisotopic (exact) mass is 405 g/mol. The molecule has 0 bridgehead atoms. The minimum Gasteiger partial charge on any atom is -0.305 e. The number of thiophene rings is 1. The van der Waals surface area contributed by atoms with Crippen LogP contribution in [0, 0.1) is 0 Å². The van der Waals surface area contributed by atoms with Crippen LogP contribution in [0.15, 0.2) is 26.6 Å². The first-order valence-corrected chi connectivity index (χ1v) is 8.66. The van der Waals surface area contributed by atoms with E-state index in [-0.39, 0.29) is 6.04 Å². The largest absolute Gasteiger partial charge is 0.305 e. The Morgan fingerprint density at radius 1 is 1.37 bits per heavy atom. The van der Waals surface area contributed by atoms with E-state index in [1.807, 2.05) is 6.20 Å². The number of nitrogens with one attached hydrogen (secondary N) is 1. The second-order valence-corrected chi connectivity index (χ2v) is 7.90. The quantitative estimate of drug-likeness (QED) is 0.776. The molecule has 0 aliphatic carbocycles. The first-order valence-electron chi connectivity index (χ1n) is 6.26. The zero-order chi connectivity index (χ0) is 14.0. The van der Waals surface area contributed by atoms with Crippen LogP contribution < -0.4 is 5.32 Å². The van der Waals surface area contributed by atoms with E-state index in [1.54, 1.807) is 11.3 Å². The number of hydrogen-bond acceptors (Lipinski definition) is 3. The molecule has 104 valence electrons. The standard InChI is InChI=1S/C13H17Br2N3S/c1-4-16-12(10-5-6-11(15)19-10)13-9(14)7-17-18(13)8(2)3/h5-8,12,16H,4H2,1-3H3. The molecule has 2 heterocycles. The third kappa shape index (κ3) is 3.29. The first-order chi connectivity index (χ1) is 9.04. The summed E-state index contributed by atoms with van der Waals surface area (Å²) >= 11 is 8.92. The van der Waals surface area contributed by atoms with E-state index in [9.17, 15) is 0 Å². The Kier molecular flexibility index (Phi) is 5.22. The summed E-state index contributed by atoms with van der Waals surface area (Å²) in [5.41, 5.74) is 1.19. The normalized spacial score (nSPS) is 13.2. The van der Waals surface area contributed by atoms with Crippen LogP contribution in [0.4, 0.5) is 0 Å². The molecule has 1 atom stereocenters. The van der Waals surface area contributed by atoms with E-state index in [2.05, 4.69) is 79.9 Å². The van der Waals surface area contributed by atoms with Gasteiger partial charge in [-0.3, -0.25) is 4.68 Å². The Bertz CT molecular complexity index is 548. The minimum atomic E-state index is 0.167. The van der Waals surface area contributed by atoms with Gasteiger partial charge in [0, 0.05) is 10.9 Å². The van der Waals surface area contributed by atoms with E-state index < -0.39 is 0 Å². The third-order valence-electron chi connectivity index (χ3n) is 2.84. The van der Waals surface area contributed by atoms with E-state index in [0.29, 0.717) is 6.04 Å². The van der Waals surface area contributed by atoms with Crippen molar-refractivity contribution in [3.05, 3.63) is 37.2 Å². The number of aromatic nitrogens is 2. The third-order valence-corrected chi connectivity index (χ3v) is 5.14. The highest BCUT2D eigenvalue weighted by atomic mass is 79.9. The molecule has 0 aliphatic rings. The Balaban J connectivity index is 2.47. The molecule has 2 aromatic rings. The molecule has 0 aliphatic heterocycles. The number of rotatable bonds is 5. The number of nitrogens with zero attached hydrogens (tertiary/aromatic N) is 2. The molecule has 2 aromatic heterocycles. The van der Waals surface area contributed by atoms with Crippen LogP contribution in [0.3, 0.4) is 0 Å². The van der Waals surface area contributed by atoms with Crippen molar-refractivity contribution in [2.45, 2.75) is 32.9 Å². The highest BCUT2D eigenvalue weighted by Gasteiger charge is 2.23. The van der Waals surface area contributed by atoms with Crippen LogP contribution in [0.2, 0.25) is 0 Å². The van der Waals surface area contributed by atoms with Crippen LogP contribution >= 0.6 is 43.2 Å². The molecule has 0 aromatic carbocycles. The van der Waals surface area contributed by atoms with Gasteiger partial charge >= 0.3 is 0 Å². The topological polar surface area (TPSA) is 29.9 Å². The molecule has 6 heteroatoms. The molecule has 0 fully saturated rings. The second-order valence-electron chi connectivity index (χ2n) is 4.55. The fraction of sp³-hybridized carbons (Fsp3) is 0.462. The van der Waals surface area contributed by atoms with Crippen molar-refractivity contribution in [3.8, 4) is 0 Å². The highest BCUT2D eigenvalue weighted by molar-refractivity contribution is 9.11. The van der Waals surface area contributed by atoms with Crippen molar-refractivity contribution in [2.24, 2.45) is 0 Å². The second kappa shape index (κ2) is 6.52. The molecule has 1 unspecified atom stereocenters. The lowest BCUT2D eigenvalue weighted by Crippen LogP contribution is -2.25. The summed E-state index contributed by atoms with van der Waals surface area (Å²) in [6.07, 6.45) is 1.88. The predicted octanol–water partition coefficient (Wildman–Crippen LogP) is 4.75. The van der Waals surface area contributed by atoms with Crippen molar-refractivity contribution in [1.82, 2.24) is 15.1 Å². The van der Waals surface area contributed by atoms with Crippen LogP contribution in [0.5, 0.6) is 0 Å². The van der Waals surface area contributed by atoms with Gasteiger partial charge in [0.05, 0.1) is 26.2 Å². The summed E-state index contributed by atoms with van der Waals surface area (Å²) in [5.74, 6) is 0. The van der Waals surface area contributed by atoms with Crippen molar-refractivity contribution in [3.63, 3.8) is 0 Å². The van der Waals surface area contributed by atoms with Gasteiger partial charge in [0.1, 0.15) is 0 Å². The lowest BCUT2D eigenvalue weighted by molar-refractivity contribution is 0.477. The Hall–Kier alpha value is -0.170. The maximum atomic E-state index is 4.47. The van der Waals surface area contributed by atoms with Gasteiger partial charge in [0.25, 0.3) is 0 Å². The van der Waals surface area contributed by atoms with E-state index in [4.69, 9.17) is 0 Å². The summed E-state index contributed by atoms with van der Waals surface area (Å²) in [5, 5.41) is 8.02. The molecule has 0 radical (unpaired) electrons. The zero-order valence-corrected chi connectivity index (χ0v) is 15.1. The van der Waals surface area contributed by atoms with Gasteiger partial charge in [-0.05, 0) is 64.4 Å². The summed E-state index contributed by atoms with van der Waals surface area (Å²) in [6.45, 7) is 7.34. The van der Waals surface area contributed by atoms with Crippen molar-refractivity contribution >= 4 is 43.2 Å². The first kappa shape index (κ1) is 15.2. The fourth-order valence-corrected chi connectivity index (χ4v) is 4.06. The van der Waals surface area contributed by atoms with Gasteiger partial charge in [-0.25, -0.2) is 0 Å². The SMILES string of the molecule is CCNC(c1ccc(Br)s1)c1c(Br)cnn1C(C)C. The molecule has 0 spiro atoms. The molecule has 2 rings (SSSR count). The molecule has 0 saturated carbocycles. The summed E-state index contributed by atoms with van der Waals surface area (Å²) in [6, 6.07) is 4.76. The van der Waals surface area contributed by atoms with E-state index in [0.717, 1.165) is 14.8 Å². The Labute approximate surface area is 134 Å². The average molecular weight is 407 g/mol. The van der Waals surface area contributed by atoms with Crippen molar-refractivity contribution in [1.29, 1.82) is 0 Å². The van der Waals surface area contributed by atoms with Gasteiger partial charge < -0.3 is 5.32 Å². The van der Waals surface area contributed by atoms with Crippen LogP contribution in [-0.2, 0) is 0 Å². The number of hydrogen-bond donors (Lipinski definition) is 1. The van der Waals surface area contributed by atoms with Crippen LogP contribution in [0.25, 0.3) is 0 Å². The van der Waals surface area contributed by atoms with Crippen LogP contribution in [0.1, 0.15) is 43.4 Å². The van der Waals surface area contributed by atoms with Gasteiger partial charge in [-0.2, -0.15) is 5.10 Å². The van der Waals surface area contributed by atoms with E-state index in [1.165, 1.54) is 10.6 Å². The molecule has 3 nitrogen and oxygen atoms in total. The van der Waals surface area contributed by atoms with Gasteiger partial charge in [0.2, 0.25) is 0 Å². The maximum Gasteiger partial charge on any atom is 0.0853 e. The number of halogens is 2. The van der Waals surface area contributed by atoms with Crippen molar-refractivity contribution < 1.29 is 0 Å². The Morgan fingerprint density at radius 3 is 2.63 bits per heavy atom. The predicted molar refractivity (Wildman–Crippen MR) is 87.9 cm³/mol. The van der Waals surface area contributed by atoms with Gasteiger partial charge in [-0.1, -0.05) is 6.92 Å². The molecule has 0 amide bonds. The summed E-state index contributed by atoms with van der Waals surface area (Å²) < 4.78 is 4.28. The maximum absolute atomic E-state index is 4.47. The lowest BCUT2D eigenvalue weighted by atomic mass is 10.1. The molecular formula is C13H17Br2N3S.